The Labute approximate surface area is 116 Å². The van der Waals surface area contributed by atoms with Crippen molar-refractivity contribution in [2.75, 3.05) is 12.3 Å². The van der Waals surface area contributed by atoms with Crippen molar-refractivity contribution in [2.24, 2.45) is 7.05 Å². The molecule has 0 atom stereocenters. The van der Waals surface area contributed by atoms with Gasteiger partial charge in [-0.05, 0) is 22.6 Å². The van der Waals surface area contributed by atoms with E-state index in [9.17, 15) is 0 Å². The lowest BCUT2D eigenvalue weighted by Crippen LogP contribution is -2.17. The Balaban J connectivity index is 0.00000162. The van der Waals surface area contributed by atoms with Crippen molar-refractivity contribution in [1.82, 2.24) is 30.5 Å². The molecule has 6 nitrogen and oxygen atoms in total. The molecule has 0 aliphatic carbocycles. The van der Waals surface area contributed by atoms with Crippen LogP contribution in [0.3, 0.4) is 0 Å². The molecule has 2 rings (SSSR count). The average Bonchev–Trinajstić information content (AvgIpc) is 2.76. The number of nitrogens with one attached hydrogen (secondary N) is 1. The Morgan fingerprint density at radius 2 is 2.28 bits per heavy atom. The van der Waals surface area contributed by atoms with Crippen molar-refractivity contribution in [3.05, 3.63) is 30.1 Å². The molecular formula is C10H15ClN6S. The summed E-state index contributed by atoms with van der Waals surface area (Å²) in [4.78, 5) is 4.23. The van der Waals surface area contributed by atoms with Crippen molar-refractivity contribution in [2.45, 2.75) is 11.7 Å². The first-order valence-corrected chi connectivity index (χ1v) is 6.30. The van der Waals surface area contributed by atoms with Gasteiger partial charge in [-0.25, -0.2) is 4.68 Å². The van der Waals surface area contributed by atoms with Crippen LogP contribution in [-0.2, 0) is 13.6 Å². The van der Waals surface area contributed by atoms with E-state index in [0.717, 1.165) is 29.7 Å². The van der Waals surface area contributed by atoms with Gasteiger partial charge in [-0.15, -0.1) is 17.5 Å². The molecule has 0 fully saturated rings. The molecule has 0 bridgehead atoms. The molecule has 0 radical (unpaired) electrons. The number of halogens is 1. The molecule has 0 saturated heterocycles. The Kier molecular flexibility index (Phi) is 6.63. The fourth-order valence-corrected chi connectivity index (χ4v) is 2.02. The quantitative estimate of drug-likeness (QED) is 0.629. The number of pyridine rings is 1. The van der Waals surface area contributed by atoms with Crippen LogP contribution in [0.5, 0.6) is 0 Å². The van der Waals surface area contributed by atoms with Crippen LogP contribution < -0.4 is 5.32 Å². The predicted molar refractivity (Wildman–Crippen MR) is 72.7 cm³/mol. The number of rotatable bonds is 6. The SMILES string of the molecule is Cl.Cn1nnnc1SCCNCc1ccccn1. The molecule has 0 aliphatic rings. The summed E-state index contributed by atoms with van der Waals surface area (Å²) in [7, 11) is 1.84. The van der Waals surface area contributed by atoms with Gasteiger partial charge in [0.05, 0.1) is 5.69 Å². The lowest BCUT2D eigenvalue weighted by atomic mass is 10.3. The van der Waals surface area contributed by atoms with Gasteiger partial charge < -0.3 is 5.32 Å². The molecule has 98 valence electrons. The second-order valence-corrected chi connectivity index (χ2v) is 4.49. The van der Waals surface area contributed by atoms with Gasteiger partial charge >= 0.3 is 0 Å². The number of hydrogen-bond acceptors (Lipinski definition) is 6. The van der Waals surface area contributed by atoms with Crippen LogP contribution in [0.15, 0.2) is 29.6 Å². The molecule has 0 aromatic carbocycles. The van der Waals surface area contributed by atoms with Crippen LogP contribution in [0.4, 0.5) is 0 Å². The number of aryl methyl sites for hydroxylation is 1. The van der Waals surface area contributed by atoms with Gasteiger partial charge in [0.1, 0.15) is 0 Å². The van der Waals surface area contributed by atoms with Crippen molar-refractivity contribution < 1.29 is 0 Å². The number of aromatic nitrogens is 5. The maximum absolute atomic E-state index is 4.23. The standard InChI is InChI=1S/C10H14N6S.ClH/c1-16-10(13-14-15-16)17-7-6-11-8-9-4-2-3-5-12-9;/h2-5,11H,6-8H2,1H3;1H. The molecule has 2 aromatic rings. The van der Waals surface area contributed by atoms with Gasteiger partial charge in [-0.1, -0.05) is 17.8 Å². The van der Waals surface area contributed by atoms with Gasteiger partial charge in [0.2, 0.25) is 5.16 Å². The third-order valence-corrected chi connectivity index (χ3v) is 3.14. The van der Waals surface area contributed by atoms with Gasteiger partial charge in [0.25, 0.3) is 0 Å². The topological polar surface area (TPSA) is 68.5 Å². The van der Waals surface area contributed by atoms with Crippen LogP contribution in [0.1, 0.15) is 5.69 Å². The molecule has 8 heteroatoms. The fraction of sp³-hybridized carbons (Fsp3) is 0.400. The maximum atomic E-state index is 4.23. The van der Waals surface area contributed by atoms with Crippen molar-refractivity contribution in [3.63, 3.8) is 0 Å². The minimum absolute atomic E-state index is 0. The summed E-state index contributed by atoms with van der Waals surface area (Å²) in [6.45, 7) is 1.69. The van der Waals surface area contributed by atoms with Gasteiger partial charge in [0, 0.05) is 32.1 Å². The Morgan fingerprint density at radius 1 is 1.39 bits per heavy atom. The molecule has 2 aromatic heterocycles. The first-order valence-electron chi connectivity index (χ1n) is 5.32. The van der Waals surface area contributed by atoms with Crippen LogP contribution in [0, 0.1) is 0 Å². The Morgan fingerprint density at radius 3 is 2.94 bits per heavy atom. The summed E-state index contributed by atoms with van der Waals surface area (Å²) in [5.41, 5.74) is 1.05. The lowest BCUT2D eigenvalue weighted by molar-refractivity contribution is 0.663. The Hall–Kier alpha value is -1.18. The molecule has 0 unspecified atom stereocenters. The average molecular weight is 287 g/mol. The van der Waals surface area contributed by atoms with E-state index >= 15 is 0 Å². The predicted octanol–water partition coefficient (Wildman–Crippen LogP) is 0.909. The molecule has 0 aliphatic heterocycles. The van der Waals surface area contributed by atoms with Crippen molar-refractivity contribution in [3.8, 4) is 0 Å². The van der Waals surface area contributed by atoms with E-state index < -0.39 is 0 Å². The number of hydrogen-bond donors (Lipinski definition) is 1. The first-order chi connectivity index (χ1) is 8.36. The highest BCUT2D eigenvalue weighted by atomic mass is 35.5. The summed E-state index contributed by atoms with van der Waals surface area (Å²) in [5.74, 6) is 0.932. The van der Waals surface area contributed by atoms with Crippen LogP contribution in [0.25, 0.3) is 0 Å². The van der Waals surface area contributed by atoms with Gasteiger partial charge in [-0.3, -0.25) is 4.98 Å². The largest absolute Gasteiger partial charge is 0.310 e. The summed E-state index contributed by atoms with van der Waals surface area (Å²) in [5, 5.41) is 15.4. The van der Waals surface area contributed by atoms with E-state index in [1.54, 1.807) is 22.6 Å². The molecule has 2 heterocycles. The van der Waals surface area contributed by atoms with E-state index in [2.05, 4.69) is 25.8 Å². The minimum Gasteiger partial charge on any atom is -0.310 e. The van der Waals surface area contributed by atoms with Gasteiger partial charge in [0.15, 0.2) is 0 Å². The molecule has 0 spiro atoms. The molecule has 0 amide bonds. The normalized spacial score (nSPS) is 10.1. The highest BCUT2D eigenvalue weighted by Gasteiger charge is 2.01. The van der Waals surface area contributed by atoms with E-state index in [4.69, 9.17) is 0 Å². The summed E-state index contributed by atoms with van der Waals surface area (Å²) >= 11 is 1.63. The number of nitrogens with zero attached hydrogens (tertiary/aromatic N) is 5. The zero-order valence-corrected chi connectivity index (χ0v) is 11.6. The zero-order chi connectivity index (χ0) is 11.9. The van der Waals surface area contributed by atoms with E-state index in [0.29, 0.717) is 0 Å². The third kappa shape index (κ3) is 4.59. The third-order valence-electron chi connectivity index (χ3n) is 2.12. The maximum Gasteiger partial charge on any atom is 0.209 e. The van der Waals surface area contributed by atoms with Crippen LogP contribution in [-0.4, -0.2) is 37.5 Å². The molecular weight excluding hydrogens is 272 g/mol. The summed E-state index contributed by atoms with van der Waals surface area (Å²) in [6.07, 6.45) is 1.80. The summed E-state index contributed by atoms with van der Waals surface area (Å²) < 4.78 is 1.67. The second-order valence-electron chi connectivity index (χ2n) is 3.43. The van der Waals surface area contributed by atoms with Crippen LogP contribution in [0.2, 0.25) is 0 Å². The van der Waals surface area contributed by atoms with Crippen molar-refractivity contribution in [1.29, 1.82) is 0 Å². The fourth-order valence-electron chi connectivity index (χ4n) is 1.28. The molecule has 18 heavy (non-hydrogen) atoms. The highest BCUT2D eigenvalue weighted by Crippen LogP contribution is 2.10. The molecule has 1 N–H and O–H groups in total. The van der Waals surface area contributed by atoms with E-state index in [1.165, 1.54) is 0 Å². The number of thioether (sulfide) groups is 1. The van der Waals surface area contributed by atoms with Gasteiger partial charge in [-0.2, -0.15) is 0 Å². The van der Waals surface area contributed by atoms with Crippen LogP contribution >= 0.6 is 24.2 Å². The second kappa shape index (κ2) is 8.02. The monoisotopic (exact) mass is 286 g/mol. The first kappa shape index (κ1) is 14.9. The minimum atomic E-state index is 0. The zero-order valence-electron chi connectivity index (χ0n) is 9.98. The van der Waals surface area contributed by atoms with E-state index in [-0.39, 0.29) is 12.4 Å². The highest BCUT2D eigenvalue weighted by molar-refractivity contribution is 7.99. The Bertz CT molecular complexity index is 449. The van der Waals surface area contributed by atoms with E-state index in [1.807, 2.05) is 25.2 Å². The smallest absolute Gasteiger partial charge is 0.209 e. The lowest BCUT2D eigenvalue weighted by Gasteiger charge is -2.03. The van der Waals surface area contributed by atoms with Crippen molar-refractivity contribution >= 4 is 24.2 Å². The summed E-state index contributed by atoms with van der Waals surface area (Å²) in [6, 6.07) is 5.91. The molecule has 0 saturated carbocycles. The number of tetrazole rings is 1.